The highest BCUT2D eigenvalue weighted by atomic mass is 16.1. The molecule has 0 bridgehead atoms. The quantitative estimate of drug-likeness (QED) is 0.758. The normalized spacial score (nSPS) is 11.8. The minimum atomic E-state index is -0.609. The van der Waals surface area contributed by atoms with E-state index in [0.717, 1.165) is 5.69 Å². The van der Waals surface area contributed by atoms with Crippen molar-refractivity contribution in [2.24, 2.45) is 5.73 Å². The Hall–Kier alpha value is -1.16. The zero-order valence-corrected chi connectivity index (χ0v) is 9.16. The highest BCUT2D eigenvalue weighted by Crippen LogP contribution is 2.12. The largest absolute Gasteiger partial charge is 0.322 e. The summed E-state index contributed by atoms with van der Waals surface area (Å²) < 4.78 is 1.44. The van der Waals surface area contributed by atoms with Gasteiger partial charge in [-0.2, -0.15) is 5.10 Å². The van der Waals surface area contributed by atoms with E-state index in [1.54, 1.807) is 6.07 Å². The first kappa shape index (κ1) is 10.9. The Balaban J connectivity index is 3.45. The van der Waals surface area contributed by atoms with Crippen molar-refractivity contribution in [3.63, 3.8) is 0 Å². The predicted molar refractivity (Wildman–Crippen MR) is 56.1 cm³/mol. The molecular formula is C10H17N3O. The van der Waals surface area contributed by atoms with Gasteiger partial charge in [-0.3, -0.25) is 4.79 Å². The van der Waals surface area contributed by atoms with Crippen LogP contribution in [0, 0.1) is 6.92 Å². The Morgan fingerprint density at radius 1 is 1.57 bits per heavy atom. The van der Waals surface area contributed by atoms with Crippen molar-refractivity contribution < 1.29 is 0 Å². The van der Waals surface area contributed by atoms with Gasteiger partial charge in [0.1, 0.15) is 0 Å². The van der Waals surface area contributed by atoms with Crippen molar-refractivity contribution in [2.45, 2.75) is 39.8 Å². The number of nitrogens with two attached hydrogens (primary N) is 1. The van der Waals surface area contributed by atoms with Gasteiger partial charge in [0.05, 0.1) is 5.69 Å². The molecule has 0 saturated carbocycles. The molecule has 0 unspecified atom stereocenters. The third kappa shape index (κ3) is 2.01. The molecule has 0 aliphatic rings. The van der Waals surface area contributed by atoms with Crippen molar-refractivity contribution in [3.05, 3.63) is 27.7 Å². The summed E-state index contributed by atoms with van der Waals surface area (Å²) in [5.41, 5.74) is 6.64. The molecule has 0 aromatic carbocycles. The fraction of sp³-hybridized carbons (Fsp3) is 0.600. The van der Waals surface area contributed by atoms with E-state index < -0.39 is 5.54 Å². The molecule has 1 heterocycles. The molecule has 1 aromatic heterocycles. The Morgan fingerprint density at radius 2 is 2.14 bits per heavy atom. The van der Waals surface area contributed by atoms with Gasteiger partial charge in [0.15, 0.2) is 0 Å². The van der Waals surface area contributed by atoms with Crippen LogP contribution in [-0.2, 0) is 12.1 Å². The van der Waals surface area contributed by atoms with Crippen LogP contribution in [0.2, 0.25) is 0 Å². The number of hydrogen-bond acceptors (Lipinski definition) is 3. The molecule has 14 heavy (non-hydrogen) atoms. The smallest absolute Gasteiger partial charge is 0.271 e. The van der Waals surface area contributed by atoms with Crippen molar-refractivity contribution in [1.82, 2.24) is 9.78 Å². The maximum atomic E-state index is 11.8. The van der Waals surface area contributed by atoms with Crippen LogP contribution in [0.1, 0.15) is 32.0 Å². The van der Waals surface area contributed by atoms with E-state index in [4.69, 9.17) is 5.73 Å². The van der Waals surface area contributed by atoms with Crippen LogP contribution in [-0.4, -0.2) is 9.78 Å². The van der Waals surface area contributed by atoms with Crippen molar-refractivity contribution in [1.29, 1.82) is 0 Å². The van der Waals surface area contributed by atoms with Crippen LogP contribution in [0.4, 0.5) is 0 Å². The molecule has 4 heteroatoms. The molecule has 0 aliphatic carbocycles. The lowest BCUT2D eigenvalue weighted by Crippen LogP contribution is -2.39. The fourth-order valence-corrected chi connectivity index (χ4v) is 1.35. The first-order valence-electron chi connectivity index (χ1n) is 4.74. The van der Waals surface area contributed by atoms with Gasteiger partial charge in [-0.05, 0) is 33.8 Å². The maximum Gasteiger partial charge on any atom is 0.271 e. The monoisotopic (exact) mass is 195 g/mol. The summed E-state index contributed by atoms with van der Waals surface area (Å²) in [7, 11) is 0. The van der Waals surface area contributed by atoms with Gasteiger partial charge in [0.25, 0.3) is 5.56 Å². The Bertz CT molecular complexity index is 387. The lowest BCUT2D eigenvalue weighted by Gasteiger charge is -2.19. The molecule has 0 saturated heterocycles. The zero-order valence-electron chi connectivity index (χ0n) is 9.16. The van der Waals surface area contributed by atoms with Gasteiger partial charge in [0.2, 0.25) is 0 Å². The lowest BCUT2D eigenvalue weighted by atomic mass is 9.97. The SMILES string of the molecule is CCn1nc(C)cc(C(C)(C)N)c1=O. The second-order valence-corrected chi connectivity index (χ2v) is 4.04. The van der Waals surface area contributed by atoms with Gasteiger partial charge in [-0.25, -0.2) is 4.68 Å². The standard InChI is InChI=1S/C10H17N3O/c1-5-13-9(14)8(10(3,4)11)6-7(2)12-13/h6H,5,11H2,1-4H3. The van der Waals surface area contributed by atoms with Crippen LogP contribution in [0.3, 0.4) is 0 Å². The van der Waals surface area contributed by atoms with E-state index in [-0.39, 0.29) is 5.56 Å². The third-order valence-corrected chi connectivity index (χ3v) is 2.09. The molecule has 4 nitrogen and oxygen atoms in total. The van der Waals surface area contributed by atoms with Crippen molar-refractivity contribution >= 4 is 0 Å². The summed E-state index contributed by atoms with van der Waals surface area (Å²) in [5, 5.41) is 4.11. The molecule has 0 fully saturated rings. The second-order valence-electron chi connectivity index (χ2n) is 4.04. The molecule has 2 N–H and O–H groups in total. The Kier molecular flexibility index (Phi) is 2.76. The molecule has 0 radical (unpaired) electrons. The van der Waals surface area contributed by atoms with Crippen molar-refractivity contribution in [2.75, 3.05) is 0 Å². The number of aryl methyl sites for hydroxylation is 2. The summed E-state index contributed by atoms with van der Waals surface area (Å²) in [5.74, 6) is 0. The van der Waals surface area contributed by atoms with E-state index in [0.29, 0.717) is 12.1 Å². The fourth-order valence-electron chi connectivity index (χ4n) is 1.35. The van der Waals surface area contributed by atoms with Gasteiger partial charge in [0, 0.05) is 17.6 Å². The van der Waals surface area contributed by atoms with Gasteiger partial charge < -0.3 is 5.73 Å². The molecule has 0 spiro atoms. The van der Waals surface area contributed by atoms with Crippen molar-refractivity contribution in [3.8, 4) is 0 Å². The topological polar surface area (TPSA) is 60.9 Å². The summed E-state index contributed by atoms with van der Waals surface area (Å²) in [4.78, 5) is 11.8. The summed E-state index contributed by atoms with van der Waals surface area (Å²) in [6.07, 6.45) is 0. The maximum absolute atomic E-state index is 11.8. The van der Waals surface area contributed by atoms with E-state index in [1.807, 2.05) is 27.7 Å². The summed E-state index contributed by atoms with van der Waals surface area (Å²) in [6, 6.07) is 1.76. The van der Waals surface area contributed by atoms with Gasteiger partial charge >= 0.3 is 0 Å². The Labute approximate surface area is 83.7 Å². The van der Waals surface area contributed by atoms with Crippen LogP contribution < -0.4 is 11.3 Å². The number of hydrogen-bond donors (Lipinski definition) is 1. The van der Waals surface area contributed by atoms with Crippen LogP contribution in [0.5, 0.6) is 0 Å². The van der Waals surface area contributed by atoms with E-state index in [1.165, 1.54) is 4.68 Å². The number of nitrogens with zero attached hydrogens (tertiary/aromatic N) is 2. The average molecular weight is 195 g/mol. The third-order valence-electron chi connectivity index (χ3n) is 2.09. The molecule has 1 rings (SSSR count). The minimum absolute atomic E-state index is 0.0920. The molecular weight excluding hydrogens is 178 g/mol. The van der Waals surface area contributed by atoms with E-state index >= 15 is 0 Å². The molecule has 0 atom stereocenters. The van der Waals surface area contributed by atoms with Crippen LogP contribution in [0.25, 0.3) is 0 Å². The van der Waals surface area contributed by atoms with Crippen LogP contribution >= 0.6 is 0 Å². The number of aromatic nitrogens is 2. The van der Waals surface area contributed by atoms with E-state index in [2.05, 4.69) is 5.10 Å². The summed E-state index contributed by atoms with van der Waals surface area (Å²) in [6.45, 7) is 7.97. The highest BCUT2D eigenvalue weighted by Gasteiger charge is 2.19. The summed E-state index contributed by atoms with van der Waals surface area (Å²) >= 11 is 0. The van der Waals surface area contributed by atoms with E-state index in [9.17, 15) is 4.79 Å². The zero-order chi connectivity index (χ0) is 10.9. The molecule has 0 aliphatic heterocycles. The Morgan fingerprint density at radius 3 is 2.57 bits per heavy atom. The first-order chi connectivity index (χ1) is 6.36. The highest BCUT2D eigenvalue weighted by molar-refractivity contribution is 5.20. The van der Waals surface area contributed by atoms with Gasteiger partial charge in [-0.15, -0.1) is 0 Å². The molecule has 78 valence electrons. The van der Waals surface area contributed by atoms with Gasteiger partial charge in [-0.1, -0.05) is 0 Å². The number of rotatable bonds is 2. The second kappa shape index (κ2) is 3.53. The van der Waals surface area contributed by atoms with Crippen LogP contribution in [0.15, 0.2) is 10.9 Å². The lowest BCUT2D eigenvalue weighted by molar-refractivity contribution is 0.514. The minimum Gasteiger partial charge on any atom is -0.322 e. The predicted octanol–water partition coefficient (Wildman–Crippen LogP) is 0.765. The molecule has 0 amide bonds. The average Bonchev–Trinajstić information content (AvgIpc) is 2.06. The first-order valence-corrected chi connectivity index (χ1v) is 4.74. The molecule has 1 aromatic rings.